The molecule has 0 aliphatic heterocycles. The fourth-order valence-electron chi connectivity index (χ4n) is 0.975. The maximum Gasteiger partial charge on any atom is 0.249 e. The molecule has 0 saturated carbocycles. The van der Waals surface area contributed by atoms with Crippen LogP contribution in [0.5, 0.6) is 5.75 Å². The normalized spacial score (nSPS) is 8.93. The van der Waals surface area contributed by atoms with Gasteiger partial charge in [-0.2, -0.15) is 0 Å². The number of carbonyl (C=O) groups excluding carboxylic acids is 1. The third-order valence-corrected chi connectivity index (χ3v) is 1.62. The number of methoxy groups -OCH3 is 1. The van der Waals surface area contributed by atoms with Gasteiger partial charge in [-0.3, -0.25) is 4.79 Å². The maximum absolute atomic E-state index is 10.9. The van der Waals surface area contributed by atoms with Crippen LogP contribution in [0, 0.1) is 0 Å². The molecule has 0 aliphatic rings. The SMILES string of the molecule is COc1ccc(N=[N+]=[N-])c(C(N)=O)c1. The number of amides is 1. The Labute approximate surface area is 79.9 Å². The molecule has 6 nitrogen and oxygen atoms in total. The smallest absolute Gasteiger partial charge is 0.249 e. The minimum absolute atomic E-state index is 0.141. The first-order valence-corrected chi connectivity index (χ1v) is 3.72. The Hall–Kier alpha value is -2.20. The number of azide groups is 1. The van der Waals surface area contributed by atoms with E-state index < -0.39 is 5.91 Å². The summed E-state index contributed by atoms with van der Waals surface area (Å²) in [6.07, 6.45) is 0. The number of hydrogen-bond acceptors (Lipinski definition) is 3. The fourth-order valence-corrected chi connectivity index (χ4v) is 0.975. The highest BCUT2D eigenvalue weighted by Gasteiger charge is 2.07. The van der Waals surface area contributed by atoms with Gasteiger partial charge in [0.1, 0.15) is 5.75 Å². The lowest BCUT2D eigenvalue weighted by molar-refractivity contribution is 0.100. The Bertz CT molecular complexity index is 410. The van der Waals surface area contributed by atoms with Gasteiger partial charge in [-0.15, -0.1) is 0 Å². The lowest BCUT2D eigenvalue weighted by atomic mass is 10.1. The number of rotatable bonds is 3. The molecule has 0 atom stereocenters. The van der Waals surface area contributed by atoms with Crippen LogP contribution in [0.2, 0.25) is 0 Å². The number of hydrogen-bond donors (Lipinski definition) is 1. The number of nitrogens with two attached hydrogens (primary N) is 1. The number of carbonyl (C=O) groups is 1. The summed E-state index contributed by atoms with van der Waals surface area (Å²) < 4.78 is 4.90. The summed E-state index contributed by atoms with van der Waals surface area (Å²) in [5.41, 5.74) is 13.7. The third-order valence-electron chi connectivity index (χ3n) is 1.62. The Balaban J connectivity index is 3.30. The van der Waals surface area contributed by atoms with Crippen LogP contribution in [-0.4, -0.2) is 13.0 Å². The highest BCUT2D eigenvalue weighted by Crippen LogP contribution is 2.24. The third kappa shape index (κ3) is 1.94. The zero-order chi connectivity index (χ0) is 10.6. The van der Waals surface area contributed by atoms with E-state index in [-0.39, 0.29) is 11.3 Å². The second kappa shape index (κ2) is 4.15. The molecule has 14 heavy (non-hydrogen) atoms. The van der Waals surface area contributed by atoms with Gasteiger partial charge in [-0.25, -0.2) is 0 Å². The fraction of sp³-hybridized carbons (Fsp3) is 0.125. The molecule has 2 N–H and O–H groups in total. The average molecular weight is 192 g/mol. The molecule has 0 heterocycles. The zero-order valence-corrected chi connectivity index (χ0v) is 7.47. The molecule has 0 fully saturated rings. The van der Waals surface area contributed by atoms with E-state index in [0.29, 0.717) is 5.75 Å². The van der Waals surface area contributed by atoms with Crippen molar-refractivity contribution in [2.75, 3.05) is 7.11 Å². The first-order valence-electron chi connectivity index (χ1n) is 3.72. The largest absolute Gasteiger partial charge is 0.497 e. The van der Waals surface area contributed by atoms with Gasteiger partial charge in [0, 0.05) is 4.91 Å². The second-order valence-electron chi connectivity index (χ2n) is 2.44. The van der Waals surface area contributed by atoms with Crippen molar-refractivity contribution in [3.63, 3.8) is 0 Å². The Morgan fingerprint density at radius 2 is 2.36 bits per heavy atom. The summed E-state index contributed by atoms with van der Waals surface area (Å²) >= 11 is 0. The van der Waals surface area contributed by atoms with Crippen LogP contribution in [0.4, 0.5) is 5.69 Å². The van der Waals surface area contributed by atoms with Crippen molar-refractivity contribution in [1.29, 1.82) is 0 Å². The van der Waals surface area contributed by atoms with E-state index in [1.165, 1.54) is 19.2 Å². The van der Waals surface area contributed by atoms with Gasteiger partial charge in [0.05, 0.1) is 18.4 Å². The summed E-state index contributed by atoms with van der Waals surface area (Å²) in [7, 11) is 1.47. The standard InChI is InChI=1S/C8H8N4O2/c1-14-5-2-3-7(11-12-10)6(4-5)8(9)13/h2-4H,1H3,(H2,9,13). The van der Waals surface area contributed by atoms with Crippen LogP contribution in [-0.2, 0) is 0 Å². The molecule has 6 heteroatoms. The molecule has 0 bridgehead atoms. The molecule has 0 spiro atoms. The molecule has 0 aliphatic carbocycles. The van der Waals surface area contributed by atoms with Crippen LogP contribution in [0.15, 0.2) is 23.3 Å². The Morgan fingerprint density at radius 3 is 2.86 bits per heavy atom. The molecule has 1 rings (SSSR count). The molecule has 72 valence electrons. The van der Waals surface area contributed by atoms with Gasteiger partial charge in [-0.05, 0) is 23.7 Å². The molecular formula is C8H8N4O2. The maximum atomic E-state index is 10.9. The summed E-state index contributed by atoms with van der Waals surface area (Å²) in [6.45, 7) is 0. The topological polar surface area (TPSA) is 101 Å². The number of ether oxygens (including phenoxy) is 1. The lowest BCUT2D eigenvalue weighted by Gasteiger charge is -2.03. The van der Waals surface area contributed by atoms with E-state index in [4.69, 9.17) is 16.0 Å². The molecule has 0 radical (unpaired) electrons. The first-order chi connectivity index (χ1) is 6.69. The van der Waals surface area contributed by atoms with Crippen molar-refractivity contribution < 1.29 is 9.53 Å². The Kier molecular flexibility index (Phi) is 2.93. The van der Waals surface area contributed by atoms with E-state index in [2.05, 4.69) is 10.0 Å². The minimum atomic E-state index is -0.661. The van der Waals surface area contributed by atoms with Crippen LogP contribution in [0.1, 0.15) is 10.4 Å². The summed E-state index contributed by atoms with van der Waals surface area (Å²) in [5.74, 6) is -0.179. The molecule has 0 unspecified atom stereocenters. The summed E-state index contributed by atoms with van der Waals surface area (Å²) in [5, 5.41) is 3.33. The Morgan fingerprint density at radius 1 is 1.64 bits per heavy atom. The number of benzene rings is 1. The minimum Gasteiger partial charge on any atom is -0.497 e. The van der Waals surface area contributed by atoms with Crippen molar-refractivity contribution in [3.05, 3.63) is 34.2 Å². The summed E-state index contributed by atoms with van der Waals surface area (Å²) in [6, 6.07) is 4.47. The lowest BCUT2D eigenvalue weighted by Crippen LogP contribution is -2.11. The van der Waals surface area contributed by atoms with Crippen molar-refractivity contribution in [2.45, 2.75) is 0 Å². The highest BCUT2D eigenvalue weighted by atomic mass is 16.5. The van der Waals surface area contributed by atoms with Gasteiger partial charge in [-0.1, -0.05) is 5.11 Å². The van der Waals surface area contributed by atoms with E-state index in [1.54, 1.807) is 6.07 Å². The number of nitrogens with zero attached hydrogens (tertiary/aromatic N) is 3. The number of primary amides is 1. The predicted octanol–water partition coefficient (Wildman–Crippen LogP) is 1.74. The predicted molar refractivity (Wildman–Crippen MR) is 50.3 cm³/mol. The van der Waals surface area contributed by atoms with Gasteiger partial charge in [0.15, 0.2) is 0 Å². The monoisotopic (exact) mass is 192 g/mol. The quantitative estimate of drug-likeness (QED) is 0.447. The van der Waals surface area contributed by atoms with Crippen molar-refractivity contribution in [3.8, 4) is 5.75 Å². The van der Waals surface area contributed by atoms with E-state index in [9.17, 15) is 4.79 Å². The second-order valence-corrected chi connectivity index (χ2v) is 2.44. The van der Waals surface area contributed by atoms with Gasteiger partial charge >= 0.3 is 0 Å². The average Bonchev–Trinajstić information content (AvgIpc) is 2.18. The first kappa shape index (κ1) is 9.88. The zero-order valence-electron chi connectivity index (χ0n) is 7.47. The highest BCUT2D eigenvalue weighted by molar-refractivity contribution is 5.98. The molecule has 1 aromatic carbocycles. The van der Waals surface area contributed by atoms with Crippen molar-refractivity contribution in [2.24, 2.45) is 10.8 Å². The van der Waals surface area contributed by atoms with E-state index >= 15 is 0 Å². The summed E-state index contributed by atoms with van der Waals surface area (Å²) in [4.78, 5) is 13.5. The molecule has 1 aromatic rings. The van der Waals surface area contributed by atoms with Gasteiger partial charge < -0.3 is 10.5 Å². The van der Waals surface area contributed by atoms with E-state index in [1.807, 2.05) is 0 Å². The van der Waals surface area contributed by atoms with Gasteiger partial charge in [0.25, 0.3) is 0 Å². The van der Waals surface area contributed by atoms with Crippen molar-refractivity contribution >= 4 is 11.6 Å². The van der Waals surface area contributed by atoms with Crippen LogP contribution in [0.25, 0.3) is 10.4 Å². The molecule has 0 aromatic heterocycles. The van der Waals surface area contributed by atoms with Crippen LogP contribution >= 0.6 is 0 Å². The van der Waals surface area contributed by atoms with Crippen LogP contribution < -0.4 is 10.5 Å². The molecular weight excluding hydrogens is 184 g/mol. The van der Waals surface area contributed by atoms with Crippen LogP contribution in [0.3, 0.4) is 0 Å². The van der Waals surface area contributed by atoms with Gasteiger partial charge in [0.2, 0.25) is 5.91 Å². The molecule has 1 amide bonds. The van der Waals surface area contributed by atoms with E-state index in [0.717, 1.165) is 0 Å². The molecule has 0 saturated heterocycles. The van der Waals surface area contributed by atoms with Crippen molar-refractivity contribution in [1.82, 2.24) is 0 Å².